The maximum atomic E-state index is 13.2. The highest BCUT2D eigenvalue weighted by Crippen LogP contribution is 2.55. The van der Waals surface area contributed by atoms with Crippen LogP contribution in [0.25, 0.3) is 0 Å². The Morgan fingerprint density at radius 1 is 0.852 bits per heavy atom. The number of aliphatic hydroxyl groups is 1. The molecule has 0 heterocycles. The van der Waals surface area contributed by atoms with E-state index in [1.807, 2.05) is 0 Å². The van der Waals surface area contributed by atoms with Crippen LogP contribution in [-0.4, -0.2) is 5.11 Å². The van der Waals surface area contributed by atoms with Gasteiger partial charge in [-0.15, -0.1) is 0 Å². The monoisotopic (exact) mass is 366 g/mol. The van der Waals surface area contributed by atoms with E-state index in [-0.39, 0.29) is 17.2 Å². The minimum absolute atomic E-state index is 0.0898. The van der Waals surface area contributed by atoms with Crippen molar-refractivity contribution in [1.29, 1.82) is 0 Å². The van der Waals surface area contributed by atoms with E-state index in [2.05, 4.69) is 52.0 Å². The molecule has 0 aliphatic heterocycles. The molecule has 0 amide bonds. The molecule has 0 saturated heterocycles. The van der Waals surface area contributed by atoms with Gasteiger partial charge in [0.05, 0.1) is 6.10 Å². The third-order valence-electron chi connectivity index (χ3n) is 6.24. The minimum atomic E-state index is -0.656. The van der Waals surface area contributed by atoms with Crippen LogP contribution in [0.2, 0.25) is 0 Å². The fraction of sp³-hybridized carbons (Fsp3) is 0.440. The SMILES string of the molecule is CCC1=C(CC)C2(C=CC(C(O)c3ccc(F)cc3)C=C2)C(CC)=C1CC. The van der Waals surface area contributed by atoms with Crippen LogP contribution in [0.5, 0.6) is 0 Å². The lowest BCUT2D eigenvalue weighted by Crippen LogP contribution is -2.23. The van der Waals surface area contributed by atoms with Crippen LogP contribution in [0.15, 0.2) is 70.9 Å². The summed E-state index contributed by atoms with van der Waals surface area (Å²) < 4.78 is 13.2. The molecule has 0 aromatic heterocycles. The van der Waals surface area contributed by atoms with Gasteiger partial charge in [0.2, 0.25) is 0 Å². The Morgan fingerprint density at radius 3 is 1.74 bits per heavy atom. The number of aliphatic hydroxyl groups excluding tert-OH is 1. The van der Waals surface area contributed by atoms with Gasteiger partial charge in [0.25, 0.3) is 0 Å². The van der Waals surface area contributed by atoms with Crippen molar-refractivity contribution in [1.82, 2.24) is 0 Å². The number of benzene rings is 1. The van der Waals surface area contributed by atoms with Gasteiger partial charge in [0.1, 0.15) is 5.82 Å². The van der Waals surface area contributed by atoms with Gasteiger partial charge < -0.3 is 5.11 Å². The molecule has 1 unspecified atom stereocenters. The van der Waals surface area contributed by atoms with E-state index in [1.54, 1.807) is 12.1 Å². The molecular formula is C25H31FO. The summed E-state index contributed by atoms with van der Waals surface area (Å²) in [7, 11) is 0. The zero-order valence-electron chi connectivity index (χ0n) is 16.9. The molecule has 0 fully saturated rings. The van der Waals surface area contributed by atoms with Gasteiger partial charge >= 0.3 is 0 Å². The number of hydrogen-bond acceptors (Lipinski definition) is 1. The summed E-state index contributed by atoms with van der Waals surface area (Å²) in [6.45, 7) is 9.01. The first-order chi connectivity index (χ1) is 13.0. The molecule has 0 saturated carbocycles. The zero-order valence-corrected chi connectivity index (χ0v) is 16.9. The third-order valence-corrected chi connectivity index (χ3v) is 6.24. The van der Waals surface area contributed by atoms with Gasteiger partial charge in [-0.3, -0.25) is 0 Å². The van der Waals surface area contributed by atoms with Gasteiger partial charge in [-0.25, -0.2) is 4.39 Å². The normalized spacial score (nSPS) is 20.2. The van der Waals surface area contributed by atoms with E-state index in [1.165, 1.54) is 34.4 Å². The van der Waals surface area contributed by atoms with Crippen molar-refractivity contribution < 1.29 is 9.50 Å². The summed E-state index contributed by atoms with van der Waals surface area (Å²) in [6, 6.07) is 6.15. The first kappa shape index (κ1) is 19.8. The van der Waals surface area contributed by atoms with Crippen molar-refractivity contribution >= 4 is 0 Å². The van der Waals surface area contributed by atoms with Crippen molar-refractivity contribution in [3.63, 3.8) is 0 Å². The van der Waals surface area contributed by atoms with Crippen molar-refractivity contribution in [2.45, 2.75) is 59.5 Å². The molecule has 1 atom stereocenters. The summed E-state index contributed by atoms with van der Waals surface area (Å²) in [6.07, 6.45) is 12.5. The van der Waals surface area contributed by atoms with Crippen LogP contribution >= 0.6 is 0 Å². The number of halogens is 1. The molecule has 3 rings (SSSR count). The van der Waals surface area contributed by atoms with E-state index in [4.69, 9.17) is 0 Å². The molecular weight excluding hydrogens is 335 g/mol. The lowest BCUT2D eigenvalue weighted by atomic mass is 9.70. The second-order valence-corrected chi connectivity index (χ2v) is 7.49. The molecule has 1 spiro atoms. The van der Waals surface area contributed by atoms with Gasteiger partial charge in [0.15, 0.2) is 0 Å². The Bertz CT molecular complexity index is 763. The van der Waals surface area contributed by atoms with E-state index in [9.17, 15) is 9.50 Å². The molecule has 2 aliphatic carbocycles. The Kier molecular flexibility index (Phi) is 5.86. The van der Waals surface area contributed by atoms with Gasteiger partial charge in [-0.2, -0.15) is 0 Å². The Hall–Kier alpha value is -1.93. The van der Waals surface area contributed by atoms with E-state index in [0.717, 1.165) is 31.2 Å². The van der Waals surface area contributed by atoms with Crippen molar-refractivity contribution in [2.24, 2.45) is 11.3 Å². The van der Waals surface area contributed by atoms with Gasteiger partial charge in [-0.05, 0) is 65.7 Å². The van der Waals surface area contributed by atoms with Gasteiger partial charge in [-0.1, -0.05) is 64.1 Å². The molecule has 1 nitrogen and oxygen atoms in total. The van der Waals surface area contributed by atoms with E-state index >= 15 is 0 Å². The Morgan fingerprint density at radius 2 is 1.33 bits per heavy atom. The van der Waals surface area contributed by atoms with Crippen molar-refractivity contribution in [3.05, 3.63) is 82.2 Å². The van der Waals surface area contributed by atoms with Crippen LogP contribution < -0.4 is 0 Å². The second-order valence-electron chi connectivity index (χ2n) is 7.49. The van der Waals surface area contributed by atoms with Crippen LogP contribution in [0.4, 0.5) is 4.39 Å². The fourth-order valence-electron chi connectivity index (χ4n) is 5.05. The first-order valence-electron chi connectivity index (χ1n) is 10.3. The van der Waals surface area contributed by atoms with Gasteiger partial charge in [0, 0.05) is 11.3 Å². The van der Waals surface area contributed by atoms with Crippen LogP contribution in [0.1, 0.15) is 65.0 Å². The predicted molar refractivity (Wildman–Crippen MR) is 111 cm³/mol. The van der Waals surface area contributed by atoms with E-state index < -0.39 is 6.10 Å². The minimum Gasteiger partial charge on any atom is -0.387 e. The van der Waals surface area contributed by atoms with Crippen LogP contribution in [-0.2, 0) is 0 Å². The fourth-order valence-corrected chi connectivity index (χ4v) is 5.05. The summed E-state index contributed by atoms with van der Waals surface area (Å²) in [5, 5.41) is 10.8. The molecule has 1 aromatic carbocycles. The highest BCUT2D eigenvalue weighted by molar-refractivity contribution is 5.60. The standard InChI is InChI=1S/C25H31FO/c1-5-20-21(6-2)23(8-4)25(22(20)7-3)15-13-18(14-16-25)24(27)17-9-11-19(26)12-10-17/h9-16,18,24,27H,5-8H2,1-4H3. The summed E-state index contributed by atoms with van der Waals surface area (Å²) >= 11 is 0. The van der Waals surface area contributed by atoms with Crippen molar-refractivity contribution in [3.8, 4) is 0 Å². The summed E-state index contributed by atoms with van der Waals surface area (Å²) in [5.74, 6) is -0.367. The largest absolute Gasteiger partial charge is 0.387 e. The number of allylic oxidation sites excluding steroid dienone is 6. The van der Waals surface area contributed by atoms with Crippen molar-refractivity contribution in [2.75, 3.05) is 0 Å². The molecule has 2 aliphatic rings. The molecule has 0 bridgehead atoms. The quantitative estimate of drug-likeness (QED) is 0.547. The number of rotatable bonds is 6. The van der Waals surface area contributed by atoms with E-state index in [0.29, 0.717) is 0 Å². The average Bonchev–Trinajstić information content (AvgIpc) is 2.95. The summed E-state index contributed by atoms with van der Waals surface area (Å²) in [5.41, 5.74) is 6.73. The average molecular weight is 367 g/mol. The molecule has 0 radical (unpaired) electrons. The first-order valence-corrected chi connectivity index (χ1v) is 10.3. The highest BCUT2D eigenvalue weighted by Gasteiger charge is 2.42. The lowest BCUT2D eigenvalue weighted by molar-refractivity contribution is 0.149. The Balaban J connectivity index is 1.96. The Labute approximate surface area is 163 Å². The molecule has 1 aromatic rings. The predicted octanol–water partition coefficient (Wildman–Crippen LogP) is 6.83. The molecule has 2 heteroatoms. The maximum absolute atomic E-state index is 13.2. The maximum Gasteiger partial charge on any atom is 0.123 e. The van der Waals surface area contributed by atoms with Crippen LogP contribution in [0.3, 0.4) is 0 Å². The highest BCUT2D eigenvalue weighted by atomic mass is 19.1. The molecule has 144 valence electrons. The summed E-state index contributed by atoms with van der Waals surface area (Å²) in [4.78, 5) is 0. The molecule has 1 N–H and O–H groups in total. The lowest BCUT2D eigenvalue weighted by Gasteiger charge is -2.34. The van der Waals surface area contributed by atoms with Crippen LogP contribution in [0, 0.1) is 17.2 Å². The second kappa shape index (κ2) is 7.98. The smallest absolute Gasteiger partial charge is 0.123 e. The topological polar surface area (TPSA) is 20.2 Å². The zero-order chi connectivity index (χ0) is 19.6. The molecule has 27 heavy (non-hydrogen) atoms. The third kappa shape index (κ3) is 3.25. The number of hydrogen-bond donors (Lipinski definition) is 1.